The van der Waals surface area contributed by atoms with Gasteiger partial charge in [-0.25, -0.2) is 9.37 Å². The van der Waals surface area contributed by atoms with Crippen LogP contribution in [0.5, 0.6) is 0 Å². The second kappa shape index (κ2) is 8.80. The number of aliphatic hydroxyl groups excluding tert-OH is 1. The Balaban J connectivity index is 2.37. The maximum absolute atomic E-state index is 14.3. The van der Waals surface area contributed by atoms with E-state index in [2.05, 4.69) is 15.0 Å². The zero-order valence-corrected chi connectivity index (χ0v) is 15.7. The molecule has 0 spiro atoms. The van der Waals surface area contributed by atoms with Crippen molar-refractivity contribution in [3.05, 3.63) is 17.5 Å². The molecular weight excluding hydrogens is 409 g/mol. The van der Waals surface area contributed by atoms with Crippen LogP contribution in [0, 0.1) is 5.92 Å². The molecule has 0 saturated carbocycles. The molecule has 0 aromatic carbocycles. The lowest BCUT2D eigenvalue weighted by atomic mass is 9.95. The number of hydrogen-bond donors (Lipinski definition) is 2. The van der Waals surface area contributed by atoms with Gasteiger partial charge in [-0.05, 0) is 32.6 Å². The van der Waals surface area contributed by atoms with Crippen LogP contribution in [0.25, 0.3) is 5.57 Å². The van der Waals surface area contributed by atoms with Gasteiger partial charge in [-0.2, -0.15) is 36.3 Å². The van der Waals surface area contributed by atoms with Gasteiger partial charge in [0.05, 0.1) is 5.92 Å². The lowest BCUT2D eigenvalue weighted by Crippen LogP contribution is -2.34. The van der Waals surface area contributed by atoms with Gasteiger partial charge in [0.15, 0.2) is 5.82 Å². The number of aliphatic hydroxyl groups is 1. The largest absolute Gasteiger partial charge is 0.408 e. The van der Waals surface area contributed by atoms with E-state index in [1.807, 2.05) is 5.32 Å². The lowest BCUT2D eigenvalue weighted by Gasteiger charge is -2.21. The Morgan fingerprint density at radius 2 is 1.72 bits per heavy atom. The Morgan fingerprint density at radius 3 is 2.31 bits per heavy atom. The third-order valence-corrected chi connectivity index (χ3v) is 4.63. The molecule has 1 aliphatic carbocycles. The highest BCUT2D eigenvalue weighted by molar-refractivity contribution is 5.64. The molecule has 2 rings (SSSR count). The minimum atomic E-state index is -4.62. The molecular formula is C17H21F7N4O. The Bertz CT molecular complexity index is 748. The molecule has 0 unspecified atom stereocenters. The number of anilines is 1. The Labute approximate surface area is 162 Å². The molecule has 1 aromatic rings. The van der Waals surface area contributed by atoms with Crippen LogP contribution in [0.3, 0.4) is 0 Å². The minimum absolute atomic E-state index is 0.0843. The van der Waals surface area contributed by atoms with Crippen molar-refractivity contribution in [3.63, 3.8) is 0 Å². The number of aryl methyl sites for hydroxylation is 1. The first kappa shape index (κ1) is 23.3. The third-order valence-electron chi connectivity index (χ3n) is 4.63. The van der Waals surface area contributed by atoms with E-state index in [-0.39, 0.29) is 36.5 Å². The first-order chi connectivity index (χ1) is 13.3. The van der Waals surface area contributed by atoms with Gasteiger partial charge in [0.1, 0.15) is 23.8 Å². The summed E-state index contributed by atoms with van der Waals surface area (Å²) in [6.45, 7) is 1.78. The van der Waals surface area contributed by atoms with Crippen LogP contribution in [0.2, 0.25) is 0 Å². The monoisotopic (exact) mass is 430 g/mol. The van der Waals surface area contributed by atoms with Gasteiger partial charge in [-0.3, -0.25) is 0 Å². The van der Waals surface area contributed by atoms with E-state index in [4.69, 9.17) is 0 Å². The summed E-state index contributed by atoms with van der Waals surface area (Å²) >= 11 is 0. The van der Waals surface area contributed by atoms with Gasteiger partial charge < -0.3 is 10.4 Å². The van der Waals surface area contributed by atoms with Crippen molar-refractivity contribution >= 4 is 11.5 Å². The molecule has 29 heavy (non-hydrogen) atoms. The Hall–Kier alpha value is -1.98. The predicted molar refractivity (Wildman–Crippen MR) is 90.4 cm³/mol. The molecule has 1 heterocycles. The smallest absolute Gasteiger partial charge is 0.386 e. The van der Waals surface area contributed by atoms with Crippen LogP contribution in [-0.2, 0) is 6.42 Å². The summed E-state index contributed by atoms with van der Waals surface area (Å²) in [6.07, 6.45) is -10.4. The summed E-state index contributed by atoms with van der Waals surface area (Å²) in [5.74, 6) is -3.58. The normalized spacial score (nSPS) is 20.6. The van der Waals surface area contributed by atoms with E-state index < -0.39 is 48.6 Å². The van der Waals surface area contributed by atoms with Crippen molar-refractivity contribution in [2.75, 3.05) is 5.32 Å². The average Bonchev–Trinajstić information content (AvgIpc) is 2.60. The van der Waals surface area contributed by atoms with Crippen LogP contribution in [0.15, 0.2) is 5.83 Å². The van der Waals surface area contributed by atoms with Gasteiger partial charge in [0, 0.05) is 12.0 Å². The fraction of sp³-hybridized carbons (Fsp3) is 0.706. The number of hydrogen-bond acceptors (Lipinski definition) is 5. The standard InChI is InChI=1S/C17H21F7N4O/c1-8(16(19,20)21)6-7-12-26-14(10-4-3-5-11(29)13(10)18)28-15(27-12)25-9(2)17(22,23)24/h8-9,11,29H,3-7H2,1-2H3,(H,25,26,27,28)/t8-,9+,11+/m0/s1. The SMILES string of the molecule is C[C@@H](CCc1nc(N[C@H](C)C(F)(F)F)nc(C2=C(F)[C@H](O)CCC2)n1)C(F)(F)F. The van der Waals surface area contributed by atoms with Crippen LogP contribution in [0.4, 0.5) is 36.7 Å². The van der Waals surface area contributed by atoms with Gasteiger partial charge in [0.25, 0.3) is 0 Å². The molecule has 164 valence electrons. The molecule has 2 N–H and O–H groups in total. The van der Waals surface area contributed by atoms with Crippen LogP contribution >= 0.6 is 0 Å². The first-order valence-electron chi connectivity index (χ1n) is 9.01. The average molecular weight is 430 g/mol. The summed E-state index contributed by atoms with van der Waals surface area (Å²) in [7, 11) is 0. The first-order valence-corrected chi connectivity index (χ1v) is 9.01. The number of rotatable bonds is 6. The molecule has 0 bridgehead atoms. The molecule has 12 heteroatoms. The summed E-state index contributed by atoms with van der Waals surface area (Å²) < 4.78 is 90.9. The van der Waals surface area contributed by atoms with Crippen molar-refractivity contribution < 1.29 is 35.8 Å². The van der Waals surface area contributed by atoms with Gasteiger partial charge in [-0.15, -0.1) is 0 Å². The van der Waals surface area contributed by atoms with E-state index in [1.54, 1.807) is 0 Å². The molecule has 3 atom stereocenters. The fourth-order valence-electron chi connectivity index (χ4n) is 2.65. The molecule has 1 aromatic heterocycles. The van der Waals surface area contributed by atoms with E-state index >= 15 is 0 Å². The highest BCUT2D eigenvalue weighted by Gasteiger charge is 2.37. The zero-order valence-electron chi connectivity index (χ0n) is 15.7. The number of allylic oxidation sites excluding steroid dienone is 1. The summed E-state index contributed by atoms with van der Waals surface area (Å²) in [5, 5.41) is 11.7. The highest BCUT2D eigenvalue weighted by Crippen LogP contribution is 2.33. The number of nitrogens with one attached hydrogen (secondary N) is 1. The van der Waals surface area contributed by atoms with Crippen LogP contribution in [-0.4, -0.2) is 44.6 Å². The van der Waals surface area contributed by atoms with Gasteiger partial charge in [-0.1, -0.05) is 6.92 Å². The molecule has 0 amide bonds. The van der Waals surface area contributed by atoms with Crippen LogP contribution in [0.1, 0.15) is 51.2 Å². The molecule has 0 aliphatic heterocycles. The Morgan fingerprint density at radius 1 is 1.07 bits per heavy atom. The second-order valence-corrected chi connectivity index (χ2v) is 7.02. The lowest BCUT2D eigenvalue weighted by molar-refractivity contribution is -0.171. The predicted octanol–water partition coefficient (Wildman–Crippen LogP) is 4.59. The number of alkyl halides is 6. The van der Waals surface area contributed by atoms with E-state index in [0.29, 0.717) is 6.42 Å². The van der Waals surface area contributed by atoms with Crippen LogP contribution < -0.4 is 5.32 Å². The third kappa shape index (κ3) is 6.25. The van der Waals surface area contributed by atoms with Gasteiger partial charge in [0.2, 0.25) is 5.95 Å². The highest BCUT2D eigenvalue weighted by atomic mass is 19.4. The topological polar surface area (TPSA) is 70.9 Å². The van der Waals surface area contributed by atoms with E-state index in [0.717, 1.165) is 13.8 Å². The molecule has 0 radical (unpaired) electrons. The number of aromatic nitrogens is 3. The summed E-state index contributed by atoms with van der Waals surface area (Å²) in [4.78, 5) is 11.5. The Kier molecular flexibility index (Phi) is 7.07. The maximum atomic E-state index is 14.3. The van der Waals surface area contributed by atoms with E-state index in [9.17, 15) is 35.8 Å². The van der Waals surface area contributed by atoms with Crippen molar-refractivity contribution in [2.24, 2.45) is 5.92 Å². The van der Waals surface area contributed by atoms with Crippen molar-refractivity contribution in [3.8, 4) is 0 Å². The summed E-state index contributed by atoms with van der Waals surface area (Å²) in [6, 6.07) is -2.05. The molecule has 0 saturated heterocycles. The van der Waals surface area contributed by atoms with E-state index in [1.165, 1.54) is 0 Å². The zero-order chi connectivity index (χ0) is 22.0. The fourth-order valence-corrected chi connectivity index (χ4v) is 2.65. The van der Waals surface area contributed by atoms with Gasteiger partial charge >= 0.3 is 12.4 Å². The quantitative estimate of drug-likeness (QED) is 0.646. The molecule has 0 fully saturated rings. The van der Waals surface area contributed by atoms with Crippen molar-refractivity contribution in [2.45, 2.75) is 70.4 Å². The minimum Gasteiger partial charge on any atom is -0.386 e. The molecule has 1 aliphatic rings. The number of halogens is 7. The summed E-state index contributed by atoms with van der Waals surface area (Å²) in [5.41, 5.74) is -0.0843. The van der Waals surface area contributed by atoms with Crippen molar-refractivity contribution in [1.82, 2.24) is 15.0 Å². The maximum Gasteiger partial charge on any atom is 0.408 e. The second-order valence-electron chi connectivity index (χ2n) is 7.02. The molecule has 5 nitrogen and oxygen atoms in total. The van der Waals surface area contributed by atoms with Crippen molar-refractivity contribution in [1.29, 1.82) is 0 Å². The number of nitrogens with zero attached hydrogens (tertiary/aromatic N) is 3.